The van der Waals surface area contributed by atoms with Crippen LogP contribution in [0.2, 0.25) is 0 Å². The van der Waals surface area contributed by atoms with Crippen molar-refractivity contribution >= 4 is 27.9 Å². The van der Waals surface area contributed by atoms with Crippen LogP contribution in [0.25, 0.3) is 6.08 Å². The Bertz CT molecular complexity index is 514. The first kappa shape index (κ1) is 11.7. The maximum atomic E-state index is 11.4. The summed E-state index contributed by atoms with van der Waals surface area (Å²) in [6, 6.07) is 7.10. The third kappa shape index (κ3) is 3.64. The predicted molar refractivity (Wildman–Crippen MR) is 66.0 cm³/mol. The number of nitrogens with one attached hydrogen (secondary N) is 1. The van der Waals surface area contributed by atoms with E-state index in [1.807, 2.05) is 0 Å². The van der Waals surface area contributed by atoms with Gasteiger partial charge in [-0.3, -0.25) is 4.79 Å². The van der Waals surface area contributed by atoms with E-state index in [0.29, 0.717) is 22.7 Å². The third-order valence-corrected chi connectivity index (χ3v) is 2.44. The molecule has 2 aromatic heterocycles. The van der Waals surface area contributed by atoms with E-state index < -0.39 is 0 Å². The van der Waals surface area contributed by atoms with Crippen molar-refractivity contribution < 1.29 is 13.6 Å². The molecule has 4 nitrogen and oxygen atoms in total. The van der Waals surface area contributed by atoms with E-state index in [1.165, 1.54) is 6.08 Å². The van der Waals surface area contributed by atoms with E-state index in [-0.39, 0.29) is 5.91 Å². The summed E-state index contributed by atoms with van der Waals surface area (Å²) in [5.41, 5.74) is 0. The Balaban J connectivity index is 1.83. The largest absolute Gasteiger partial charge is 0.467 e. The second kappa shape index (κ2) is 5.54. The van der Waals surface area contributed by atoms with Gasteiger partial charge in [-0.05, 0) is 46.3 Å². The highest BCUT2D eigenvalue weighted by Gasteiger charge is 1.99. The van der Waals surface area contributed by atoms with Gasteiger partial charge in [0.25, 0.3) is 0 Å². The van der Waals surface area contributed by atoms with E-state index >= 15 is 0 Å². The van der Waals surface area contributed by atoms with Crippen LogP contribution in [0.5, 0.6) is 0 Å². The van der Waals surface area contributed by atoms with Crippen LogP contribution >= 0.6 is 15.9 Å². The highest BCUT2D eigenvalue weighted by Crippen LogP contribution is 2.14. The highest BCUT2D eigenvalue weighted by atomic mass is 79.9. The zero-order chi connectivity index (χ0) is 12.1. The molecule has 2 aromatic rings. The number of carbonyl (C=O) groups is 1. The highest BCUT2D eigenvalue weighted by molar-refractivity contribution is 9.10. The van der Waals surface area contributed by atoms with Crippen molar-refractivity contribution in [3.05, 3.63) is 52.8 Å². The second-order valence-corrected chi connectivity index (χ2v) is 4.05. The molecule has 0 spiro atoms. The molecule has 0 atom stereocenters. The summed E-state index contributed by atoms with van der Waals surface area (Å²) in [6.45, 7) is 0.373. The molecule has 1 N–H and O–H groups in total. The summed E-state index contributed by atoms with van der Waals surface area (Å²) in [7, 11) is 0. The van der Waals surface area contributed by atoms with Crippen LogP contribution in [-0.2, 0) is 11.3 Å². The van der Waals surface area contributed by atoms with Gasteiger partial charge < -0.3 is 14.2 Å². The van der Waals surface area contributed by atoms with E-state index in [1.54, 1.807) is 36.6 Å². The van der Waals surface area contributed by atoms with Gasteiger partial charge in [0.15, 0.2) is 4.67 Å². The van der Waals surface area contributed by atoms with Crippen molar-refractivity contribution in [3.8, 4) is 0 Å². The molecule has 0 fully saturated rings. The monoisotopic (exact) mass is 295 g/mol. The van der Waals surface area contributed by atoms with Gasteiger partial charge in [0.05, 0.1) is 12.8 Å². The molecular weight excluding hydrogens is 286 g/mol. The lowest BCUT2D eigenvalue weighted by atomic mass is 10.3. The van der Waals surface area contributed by atoms with Crippen molar-refractivity contribution in [3.63, 3.8) is 0 Å². The average molecular weight is 296 g/mol. The van der Waals surface area contributed by atoms with Gasteiger partial charge in [0, 0.05) is 6.08 Å². The first-order valence-corrected chi connectivity index (χ1v) is 5.77. The van der Waals surface area contributed by atoms with Gasteiger partial charge in [-0.2, -0.15) is 0 Å². The minimum absolute atomic E-state index is 0.200. The van der Waals surface area contributed by atoms with E-state index in [0.717, 1.165) is 0 Å². The molecule has 0 saturated carbocycles. The lowest BCUT2D eigenvalue weighted by molar-refractivity contribution is -0.116. The normalized spacial score (nSPS) is 10.9. The van der Waals surface area contributed by atoms with Crippen molar-refractivity contribution in [2.24, 2.45) is 0 Å². The first-order chi connectivity index (χ1) is 8.24. The first-order valence-electron chi connectivity index (χ1n) is 4.97. The SMILES string of the molecule is O=C(C=Cc1ccc(Br)o1)NCc1ccco1. The summed E-state index contributed by atoms with van der Waals surface area (Å²) < 4.78 is 10.9. The van der Waals surface area contributed by atoms with Gasteiger partial charge >= 0.3 is 0 Å². The summed E-state index contributed by atoms with van der Waals surface area (Å²) >= 11 is 3.18. The van der Waals surface area contributed by atoms with E-state index in [2.05, 4.69) is 21.2 Å². The number of furan rings is 2. The van der Waals surface area contributed by atoms with Crippen LogP contribution in [0.1, 0.15) is 11.5 Å². The molecule has 0 radical (unpaired) electrons. The number of amides is 1. The molecule has 0 aliphatic heterocycles. The summed E-state index contributed by atoms with van der Waals surface area (Å²) in [6.07, 6.45) is 4.58. The van der Waals surface area contributed by atoms with E-state index in [9.17, 15) is 4.79 Å². The fourth-order valence-corrected chi connectivity index (χ4v) is 1.54. The summed E-state index contributed by atoms with van der Waals surface area (Å²) in [4.78, 5) is 11.4. The van der Waals surface area contributed by atoms with Crippen LogP contribution < -0.4 is 5.32 Å². The van der Waals surface area contributed by atoms with Crippen LogP contribution in [0.15, 0.2) is 50.1 Å². The Morgan fingerprint density at radius 2 is 2.29 bits per heavy atom. The number of hydrogen-bond acceptors (Lipinski definition) is 3. The maximum absolute atomic E-state index is 11.4. The Kier molecular flexibility index (Phi) is 3.82. The Hall–Kier alpha value is -1.75. The minimum atomic E-state index is -0.200. The lowest BCUT2D eigenvalue weighted by Gasteiger charge is -1.97. The topological polar surface area (TPSA) is 55.4 Å². The van der Waals surface area contributed by atoms with Crippen molar-refractivity contribution in [1.82, 2.24) is 5.32 Å². The average Bonchev–Trinajstić information content (AvgIpc) is 2.95. The molecule has 17 heavy (non-hydrogen) atoms. The number of carbonyl (C=O) groups excluding carboxylic acids is 1. The van der Waals surface area contributed by atoms with Crippen molar-refractivity contribution in [1.29, 1.82) is 0 Å². The third-order valence-electron chi connectivity index (χ3n) is 2.01. The Morgan fingerprint density at radius 3 is 2.94 bits per heavy atom. The van der Waals surface area contributed by atoms with Gasteiger partial charge in [-0.25, -0.2) is 0 Å². The Morgan fingerprint density at radius 1 is 1.41 bits per heavy atom. The quantitative estimate of drug-likeness (QED) is 0.882. The predicted octanol–water partition coefficient (Wildman–Crippen LogP) is 2.96. The van der Waals surface area contributed by atoms with Gasteiger partial charge in [0.2, 0.25) is 5.91 Å². The lowest BCUT2D eigenvalue weighted by Crippen LogP contribution is -2.19. The molecule has 0 unspecified atom stereocenters. The standard InChI is InChI=1S/C12H10BrNO3/c13-11-5-3-9(17-11)4-6-12(15)14-8-10-2-1-7-16-10/h1-7H,8H2,(H,14,15). The fourth-order valence-electron chi connectivity index (χ4n) is 1.22. The fraction of sp³-hybridized carbons (Fsp3) is 0.0833. The van der Waals surface area contributed by atoms with Crippen LogP contribution in [0, 0.1) is 0 Å². The number of rotatable bonds is 4. The molecule has 2 heterocycles. The molecule has 0 saturated heterocycles. The molecule has 5 heteroatoms. The molecule has 88 valence electrons. The van der Waals surface area contributed by atoms with Crippen LogP contribution in [-0.4, -0.2) is 5.91 Å². The zero-order valence-electron chi connectivity index (χ0n) is 8.85. The molecule has 0 aliphatic rings. The molecule has 1 amide bonds. The molecular formula is C12H10BrNO3. The van der Waals surface area contributed by atoms with Gasteiger partial charge in [-0.1, -0.05) is 0 Å². The van der Waals surface area contributed by atoms with Crippen LogP contribution in [0.3, 0.4) is 0 Å². The Labute approximate surface area is 106 Å². The van der Waals surface area contributed by atoms with Crippen LogP contribution in [0.4, 0.5) is 0 Å². The van der Waals surface area contributed by atoms with Gasteiger partial charge in [0.1, 0.15) is 11.5 Å². The number of halogens is 1. The molecule has 0 aliphatic carbocycles. The second-order valence-electron chi connectivity index (χ2n) is 3.27. The molecule has 0 bridgehead atoms. The van der Waals surface area contributed by atoms with Gasteiger partial charge in [-0.15, -0.1) is 0 Å². The molecule has 0 aromatic carbocycles. The zero-order valence-corrected chi connectivity index (χ0v) is 10.4. The minimum Gasteiger partial charge on any atom is -0.467 e. The van der Waals surface area contributed by atoms with Crippen molar-refractivity contribution in [2.75, 3.05) is 0 Å². The van der Waals surface area contributed by atoms with Crippen molar-refractivity contribution in [2.45, 2.75) is 6.54 Å². The number of hydrogen-bond donors (Lipinski definition) is 1. The smallest absolute Gasteiger partial charge is 0.244 e. The maximum Gasteiger partial charge on any atom is 0.244 e. The van der Waals surface area contributed by atoms with E-state index in [4.69, 9.17) is 8.83 Å². The summed E-state index contributed by atoms with van der Waals surface area (Å²) in [5.74, 6) is 1.13. The summed E-state index contributed by atoms with van der Waals surface area (Å²) in [5, 5.41) is 2.69. The molecule has 2 rings (SSSR count).